The lowest BCUT2D eigenvalue weighted by atomic mass is 10.1. The standard InChI is InChI=1S/C27H20BrFN4O4S/c1-35-22-13-16(12-20(28)24(22)37-14-17-7-5-6-10-21(17)29)11-19-25(30)33-27(31-26(19)34)38-23(32-33)15-36-18-8-3-2-4-9-18/h2-13,30H,14-15H2,1H3/b19-11-,30-25?. The van der Waals surface area contributed by atoms with E-state index in [1.165, 1.54) is 36.0 Å². The van der Waals surface area contributed by atoms with Gasteiger partial charge in [0, 0.05) is 5.56 Å². The van der Waals surface area contributed by atoms with Gasteiger partial charge >= 0.3 is 0 Å². The number of amidine groups is 2. The molecule has 38 heavy (non-hydrogen) atoms. The highest BCUT2D eigenvalue weighted by Gasteiger charge is 2.35. The maximum Gasteiger partial charge on any atom is 0.283 e. The largest absolute Gasteiger partial charge is 0.493 e. The fraction of sp³-hybridized carbons (Fsp3) is 0.111. The Labute approximate surface area is 230 Å². The van der Waals surface area contributed by atoms with E-state index in [0.717, 1.165) is 0 Å². The van der Waals surface area contributed by atoms with Gasteiger partial charge in [-0.25, -0.2) is 4.39 Å². The molecule has 0 saturated heterocycles. The Balaban J connectivity index is 1.35. The number of carbonyl (C=O) groups excluding carboxylic acids is 1. The second-order valence-corrected chi connectivity index (χ2v) is 9.92. The third-order valence-corrected chi connectivity index (χ3v) is 6.97. The fourth-order valence-corrected chi connectivity index (χ4v) is 5.02. The van der Waals surface area contributed by atoms with Crippen LogP contribution in [0.4, 0.5) is 4.39 Å². The Morgan fingerprint density at radius 3 is 2.61 bits per heavy atom. The number of hydrazone groups is 1. The first kappa shape index (κ1) is 25.7. The topological polar surface area (TPSA) is 96.6 Å². The van der Waals surface area contributed by atoms with Crippen molar-refractivity contribution >= 4 is 55.7 Å². The van der Waals surface area contributed by atoms with Crippen LogP contribution in [-0.2, 0) is 11.4 Å². The number of para-hydroxylation sites is 1. The Kier molecular flexibility index (Phi) is 7.57. The third-order valence-electron chi connectivity index (χ3n) is 5.49. The van der Waals surface area contributed by atoms with Crippen LogP contribution in [0.25, 0.3) is 6.08 Å². The number of nitrogens with zero attached hydrogens (tertiary/aromatic N) is 3. The van der Waals surface area contributed by atoms with Gasteiger partial charge in [-0.3, -0.25) is 10.2 Å². The van der Waals surface area contributed by atoms with Crippen LogP contribution in [0.3, 0.4) is 0 Å². The van der Waals surface area contributed by atoms with Crippen molar-refractivity contribution in [3.63, 3.8) is 0 Å². The molecule has 3 aromatic carbocycles. The summed E-state index contributed by atoms with van der Waals surface area (Å²) in [5.74, 6) is 0.427. The second-order valence-electron chi connectivity index (χ2n) is 8.03. The Hall–Kier alpha value is -3.96. The summed E-state index contributed by atoms with van der Waals surface area (Å²) in [6.45, 7) is 0.187. The van der Waals surface area contributed by atoms with Crippen LogP contribution < -0.4 is 14.2 Å². The monoisotopic (exact) mass is 594 g/mol. The molecule has 1 N–H and O–H groups in total. The molecule has 11 heteroatoms. The van der Waals surface area contributed by atoms with E-state index in [-0.39, 0.29) is 30.4 Å². The smallest absolute Gasteiger partial charge is 0.283 e. The highest BCUT2D eigenvalue weighted by Crippen LogP contribution is 2.38. The van der Waals surface area contributed by atoms with Gasteiger partial charge in [0.1, 0.15) is 29.8 Å². The molecule has 0 atom stereocenters. The quantitative estimate of drug-likeness (QED) is 0.327. The molecule has 2 heterocycles. The lowest BCUT2D eigenvalue weighted by Gasteiger charge is -2.20. The number of rotatable bonds is 8. The number of halogens is 2. The minimum Gasteiger partial charge on any atom is -0.493 e. The number of benzene rings is 3. The van der Waals surface area contributed by atoms with E-state index in [1.807, 2.05) is 30.3 Å². The summed E-state index contributed by atoms with van der Waals surface area (Å²) in [6.07, 6.45) is 1.54. The lowest BCUT2D eigenvalue weighted by molar-refractivity contribution is -0.114. The van der Waals surface area contributed by atoms with E-state index >= 15 is 0 Å². The van der Waals surface area contributed by atoms with Crippen LogP contribution in [0.1, 0.15) is 11.1 Å². The van der Waals surface area contributed by atoms with Crippen molar-refractivity contribution in [2.75, 3.05) is 13.7 Å². The molecule has 1 amide bonds. The molecule has 0 spiro atoms. The summed E-state index contributed by atoms with van der Waals surface area (Å²) in [7, 11) is 1.48. The molecule has 0 radical (unpaired) electrons. The van der Waals surface area contributed by atoms with Gasteiger partial charge < -0.3 is 14.2 Å². The summed E-state index contributed by atoms with van der Waals surface area (Å²) < 4.78 is 31.6. The number of methoxy groups -OCH3 is 1. The van der Waals surface area contributed by atoms with Crippen LogP contribution in [0.15, 0.2) is 86.9 Å². The highest BCUT2D eigenvalue weighted by molar-refractivity contribution is 9.10. The van der Waals surface area contributed by atoms with Gasteiger partial charge in [0.15, 0.2) is 17.3 Å². The molecule has 0 fully saturated rings. The number of carbonyl (C=O) groups is 1. The Morgan fingerprint density at radius 1 is 1.08 bits per heavy atom. The van der Waals surface area contributed by atoms with E-state index in [1.54, 1.807) is 30.3 Å². The zero-order valence-corrected chi connectivity index (χ0v) is 22.4. The SMILES string of the molecule is COc1cc(/C=C2/C(=N)N3N=C(COc4ccccc4)SC3=NC2=O)cc(Br)c1OCc1ccccc1F. The molecule has 0 aliphatic carbocycles. The van der Waals surface area contributed by atoms with E-state index in [9.17, 15) is 9.18 Å². The van der Waals surface area contributed by atoms with Gasteiger partial charge in [-0.1, -0.05) is 36.4 Å². The maximum atomic E-state index is 14.0. The van der Waals surface area contributed by atoms with Crippen molar-refractivity contribution in [3.8, 4) is 17.2 Å². The van der Waals surface area contributed by atoms with Crippen molar-refractivity contribution in [1.29, 1.82) is 5.41 Å². The number of amides is 1. The van der Waals surface area contributed by atoms with E-state index in [2.05, 4.69) is 26.0 Å². The molecule has 8 nitrogen and oxygen atoms in total. The van der Waals surface area contributed by atoms with E-state index in [4.69, 9.17) is 19.6 Å². The van der Waals surface area contributed by atoms with Crippen LogP contribution in [0.2, 0.25) is 0 Å². The van der Waals surface area contributed by atoms with Crippen LogP contribution in [0.5, 0.6) is 17.2 Å². The number of aliphatic imine (C=N–C) groups is 1. The molecule has 5 rings (SSSR count). The van der Waals surface area contributed by atoms with Crippen LogP contribution in [-0.4, -0.2) is 40.7 Å². The van der Waals surface area contributed by atoms with Gasteiger partial charge in [0.2, 0.25) is 5.17 Å². The summed E-state index contributed by atoms with van der Waals surface area (Å²) in [5, 5.41) is 15.2. The zero-order chi connectivity index (χ0) is 26.6. The second kappa shape index (κ2) is 11.2. The predicted molar refractivity (Wildman–Crippen MR) is 148 cm³/mol. The maximum absolute atomic E-state index is 14.0. The van der Waals surface area contributed by atoms with Crippen LogP contribution >= 0.6 is 27.7 Å². The normalized spacial score (nSPS) is 15.8. The first-order chi connectivity index (χ1) is 18.4. The third kappa shape index (κ3) is 5.48. The van der Waals surface area contributed by atoms with Crippen molar-refractivity contribution in [2.45, 2.75) is 6.61 Å². The van der Waals surface area contributed by atoms with Crippen molar-refractivity contribution in [1.82, 2.24) is 5.01 Å². The highest BCUT2D eigenvalue weighted by atomic mass is 79.9. The first-order valence-electron chi connectivity index (χ1n) is 11.3. The number of hydrogen-bond acceptors (Lipinski definition) is 7. The van der Waals surface area contributed by atoms with Crippen LogP contribution in [0, 0.1) is 11.2 Å². The fourth-order valence-electron chi connectivity index (χ4n) is 3.65. The minimum absolute atomic E-state index is 0.00361. The number of thioether (sulfide) groups is 1. The van der Waals surface area contributed by atoms with Crippen molar-refractivity contribution in [2.24, 2.45) is 10.1 Å². The molecule has 3 aromatic rings. The molecule has 0 saturated carbocycles. The van der Waals surface area contributed by atoms with Gasteiger partial charge in [0.25, 0.3) is 5.91 Å². The summed E-state index contributed by atoms with van der Waals surface area (Å²) in [6, 6.07) is 19.0. The molecule has 2 aliphatic heterocycles. The molecular weight excluding hydrogens is 575 g/mol. The number of ether oxygens (including phenoxy) is 3. The zero-order valence-electron chi connectivity index (χ0n) is 20.0. The average Bonchev–Trinajstić information content (AvgIpc) is 3.33. The molecule has 0 unspecified atom stereocenters. The number of nitrogens with one attached hydrogen (secondary N) is 1. The minimum atomic E-state index is -0.552. The molecular formula is C27H20BrFN4O4S. The number of hydrogen-bond donors (Lipinski definition) is 1. The average molecular weight is 595 g/mol. The Bertz CT molecular complexity index is 1510. The van der Waals surface area contributed by atoms with Crippen molar-refractivity contribution < 1.29 is 23.4 Å². The number of fused-ring (bicyclic) bond motifs is 1. The summed E-state index contributed by atoms with van der Waals surface area (Å²) >= 11 is 4.66. The molecule has 0 aromatic heterocycles. The van der Waals surface area contributed by atoms with E-state index in [0.29, 0.717) is 43.1 Å². The van der Waals surface area contributed by atoms with Gasteiger partial charge in [-0.05, 0) is 69.7 Å². The molecule has 2 aliphatic rings. The Morgan fingerprint density at radius 2 is 1.84 bits per heavy atom. The molecule has 192 valence electrons. The van der Waals surface area contributed by atoms with Gasteiger partial charge in [0.05, 0.1) is 17.2 Å². The lowest BCUT2D eigenvalue weighted by Crippen LogP contribution is -2.35. The summed E-state index contributed by atoms with van der Waals surface area (Å²) in [4.78, 5) is 16.9. The van der Waals surface area contributed by atoms with Gasteiger partial charge in [-0.15, -0.1) is 0 Å². The molecule has 0 bridgehead atoms. The first-order valence-corrected chi connectivity index (χ1v) is 12.9. The predicted octanol–water partition coefficient (Wildman–Crippen LogP) is 5.87. The van der Waals surface area contributed by atoms with Gasteiger partial charge in [-0.2, -0.15) is 15.1 Å². The summed E-state index contributed by atoms with van der Waals surface area (Å²) in [5.41, 5.74) is 1.04. The van der Waals surface area contributed by atoms with E-state index < -0.39 is 5.91 Å². The van der Waals surface area contributed by atoms with Crippen molar-refractivity contribution in [3.05, 3.63) is 93.7 Å².